The molecule has 0 amide bonds. The van der Waals surface area contributed by atoms with Crippen LogP contribution in [-0.2, 0) is 10.3 Å². The van der Waals surface area contributed by atoms with Gasteiger partial charge >= 0.3 is 0 Å². The second kappa shape index (κ2) is 5.62. The average Bonchev–Trinajstić information content (AvgIpc) is 2.99. The van der Waals surface area contributed by atoms with Crippen LogP contribution >= 0.6 is 0 Å². The molecule has 24 heavy (non-hydrogen) atoms. The summed E-state index contributed by atoms with van der Waals surface area (Å²) in [7, 11) is 5.01. The molecule has 0 fully saturated rings. The van der Waals surface area contributed by atoms with Gasteiger partial charge < -0.3 is 19.3 Å². The number of rotatable bonds is 3. The first-order valence-corrected chi connectivity index (χ1v) is 8.25. The van der Waals surface area contributed by atoms with Crippen LogP contribution in [0.1, 0.15) is 23.7 Å². The Labute approximate surface area is 142 Å². The summed E-state index contributed by atoms with van der Waals surface area (Å²) in [6, 6.07) is 3.94. The molecule has 0 radical (unpaired) electrons. The van der Waals surface area contributed by atoms with Crippen molar-refractivity contribution in [3.05, 3.63) is 47.1 Å². The predicted octanol–water partition coefficient (Wildman–Crippen LogP) is 2.16. The van der Waals surface area contributed by atoms with E-state index >= 15 is 0 Å². The Hall–Kier alpha value is -1.82. The number of fused-ring (bicyclic) bond motifs is 1. The molecule has 1 aliphatic carbocycles. The Morgan fingerprint density at radius 3 is 2.62 bits per heavy atom. The van der Waals surface area contributed by atoms with Crippen molar-refractivity contribution < 1.29 is 19.3 Å². The minimum absolute atomic E-state index is 0.0546. The van der Waals surface area contributed by atoms with E-state index in [0.29, 0.717) is 18.0 Å². The molecule has 1 spiro atoms. The van der Waals surface area contributed by atoms with Gasteiger partial charge in [0.1, 0.15) is 0 Å². The lowest BCUT2D eigenvalue weighted by Crippen LogP contribution is -2.52. The van der Waals surface area contributed by atoms with Gasteiger partial charge in [-0.1, -0.05) is 18.2 Å². The number of ether oxygens (including phenoxy) is 3. The molecule has 128 valence electrons. The summed E-state index contributed by atoms with van der Waals surface area (Å²) in [4.78, 5) is 2.34. The number of nitrogens with zero attached hydrogens (tertiary/aromatic N) is 1. The number of methoxy groups -OCH3 is 3. The molecule has 5 heteroatoms. The van der Waals surface area contributed by atoms with Crippen molar-refractivity contribution in [2.24, 2.45) is 0 Å². The molecule has 5 nitrogen and oxygen atoms in total. The highest BCUT2D eigenvalue weighted by Crippen LogP contribution is 2.54. The highest BCUT2D eigenvalue weighted by Gasteiger charge is 2.52. The lowest BCUT2D eigenvalue weighted by Gasteiger charge is -2.49. The van der Waals surface area contributed by atoms with Crippen molar-refractivity contribution in [1.29, 1.82) is 0 Å². The second-order valence-electron chi connectivity index (χ2n) is 6.57. The molecule has 2 unspecified atom stereocenters. The van der Waals surface area contributed by atoms with Crippen LogP contribution in [0.3, 0.4) is 0 Å². The Bertz CT molecular complexity index is 726. The van der Waals surface area contributed by atoms with Crippen molar-refractivity contribution >= 4 is 0 Å². The maximum Gasteiger partial charge on any atom is 0.161 e. The number of aliphatic hydroxyl groups is 1. The molecule has 0 saturated heterocycles. The minimum Gasteiger partial charge on any atom is -0.493 e. The smallest absolute Gasteiger partial charge is 0.161 e. The minimum atomic E-state index is -0.537. The number of benzene rings is 1. The van der Waals surface area contributed by atoms with Crippen molar-refractivity contribution in [2.75, 3.05) is 34.4 Å². The fraction of sp³-hybridized carbons (Fsp3) is 0.474. The molecular formula is C19H23NO4. The summed E-state index contributed by atoms with van der Waals surface area (Å²) in [6.45, 7) is 1.44. The Balaban J connectivity index is 1.94. The number of hydrogen-bond donors (Lipinski definition) is 1. The summed E-state index contributed by atoms with van der Waals surface area (Å²) >= 11 is 0. The molecule has 1 aromatic carbocycles. The van der Waals surface area contributed by atoms with E-state index in [2.05, 4.69) is 23.1 Å². The zero-order valence-electron chi connectivity index (χ0n) is 14.3. The Morgan fingerprint density at radius 1 is 1.17 bits per heavy atom. The van der Waals surface area contributed by atoms with Crippen LogP contribution in [0.2, 0.25) is 0 Å². The summed E-state index contributed by atoms with van der Waals surface area (Å²) in [5.74, 6) is 1.34. The van der Waals surface area contributed by atoms with Gasteiger partial charge in [0.25, 0.3) is 0 Å². The van der Waals surface area contributed by atoms with Crippen LogP contribution in [-0.4, -0.2) is 50.5 Å². The maximum atomic E-state index is 10.7. The van der Waals surface area contributed by atoms with Gasteiger partial charge in [0.15, 0.2) is 11.5 Å². The lowest BCUT2D eigenvalue weighted by atomic mass is 9.71. The molecule has 0 saturated carbocycles. The molecule has 2 aliphatic heterocycles. The molecule has 4 rings (SSSR count). The first kappa shape index (κ1) is 15.7. The maximum absolute atomic E-state index is 10.7. The van der Waals surface area contributed by atoms with E-state index in [-0.39, 0.29) is 11.6 Å². The molecule has 1 aromatic rings. The van der Waals surface area contributed by atoms with E-state index in [1.54, 1.807) is 21.3 Å². The van der Waals surface area contributed by atoms with Gasteiger partial charge in [-0.3, -0.25) is 4.90 Å². The predicted molar refractivity (Wildman–Crippen MR) is 90.4 cm³/mol. The average molecular weight is 329 g/mol. The van der Waals surface area contributed by atoms with Crippen LogP contribution in [0, 0.1) is 0 Å². The molecule has 0 bridgehead atoms. The molecular weight excluding hydrogens is 306 g/mol. The van der Waals surface area contributed by atoms with E-state index in [9.17, 15) is 5.11 Å². The summed E-state index contributed by atoms with van der Waals surface area (Å²) < 4.78 is 16.6. The summed E-state index contributed by atoms with van der Waals surface area (Å²) in [5.41, 5.74) is 3.02. The van der Waals surface area contributed by atoms with Crippen LogP contribution in [0.15, 0.2) is 35.9 Å². The van der Waals surface area contributed by atoms with E-state index in [0.717, 1.165) is 24.1 Å². The highest BCUT2D eigenvalue weighted by atomic mass is 16.5. The van der Waals surface area contributed by atoms with Crippen molar-refractivity contribution in [1.82, 2.24) is 4.90 Å². The van der Waals surface area contributed by atoms with Crippen molar-refractivity contribution in [3.63, 3.8) is 0 Å². The fourth-order valence-corrected chi connectivity index (χ4v) is 4.40. The number of hydrogen-bond acceptors (Lipinski definition) is 5. The SMILES string of the molecule is COc1cc2c(cc1OC)[C@]13CC(OC)C=CC1=CCN3CC2O. The summed E-state index contributed by atoms with van der Waals surface area (Å²) in [5, 5.41) is 10.7. The van der Waals surface area contributed by atoms with E-state index in [1.165, 1.54) is 5.57 Å². The van der Waals surface area contributed by atoms with Gasteiger partial charge in [0, 0.05) is 26.6 Å². The van der Waals surface area contributed by atoms with Gasteiger partial charge in [0.2, 0.25) is 0 Å². The third kappa shape index (κ3) is 1.98. The first-order valence-electron chi connectivity index (χ1n) is 8.25. The standard InChI is InChI=1S/C19H23NO4/c1-22-13-5-4-12-6-7-20-11-16(21)14-8-17(23-2)18(24-3)9-15(14)19(12,20)10-13/h4-6,8-9,13,16,21H,7,10-11H2,1-3H3/t13?,16?,19-/m0/s1. The van der Waals surface area contributed by atoms with Crippen molar-refractivity contribution in [2.45, 2.75) is 24.2 Å². The van der Waals surface area contributed by atoms with Crippen LogP contribution in [0.5, 0.6) is 11.5 Å². The second-order valence-corrected chi connectivity index (χ2v) is 6.57. The third-order valence-corrected chi connectivity index (χ3v) is 5.59. The van der Waals surface area contributed by atoms with Crippen LogP contribution in [0.4, 0.5) is 0 Å². The topological polar surface area (TPSA) is 51.2 Å². The van der Waals surface area contributed by atoms with Gasteiger partial charge in [-0.2, -0.15) is 0 Å². The largest absolute Gasteiger partial charge is 0.493 e. The fourth-order valence-electron chi connectivity index (χ4n) is 4.40. The van der Waals surface area contributed by atoms with Crippen LogP contribution < -0.4 is 9.47 Å². The van der Waals surface area contributed by atoms with Gasteiger partial charge in [-0.05, 0) is 28.8 Å². The monoisotopic (exact) mass is 329 g/mol. The van der Waals surface area contributed by atoms with E-state index in [1.807, 2.05) is 12.1 Å². The Morgan fingerprint density at radius 2 is 1.92 bits per heavy atom. The molecule has 3 atom stereocenters. The highest BCUT2D eigenvalue weighted by molar-refractivity contribution is 5.58. The van der Waals surface area contributed by atoms with Crippen LogP contribution in [0.25, 0.3) is 0 Å². The molecule has 2 heterocycles. The van der Waals surface area contributed by atoms with Gasteiger partial charge in [0.05, 0.1) is 32.0 Å². The van der Waals surface area contributed by atoms with Crippen molar-refractivity contribution in [3.8, 4) is 11.5 Å². The number of aliphatic hydroxyl groups excluding tert-OH is 1. The quantitative estimate of drug-likeness (QED) is 0.921. The Kier molecular flexibility index (Phi) is 3.67. The third-order valence-electron chi connectivity index (χ3n) is 5.59. The first-order chi connectivity index (χ1) is 11.6. The van der Waals surface area contributed by atoms with Gasteiger partial charge in [-0.25, -0.2) is 0 Å². The molecule has 0 aromatic heterocycles. The molecule has 1 N–H and O–H groups in total. The normalized spacial score (nSPS) is 31.1. The lowest BCUT2D eigenvalue weighted by molar-refractivity contribution is 0.0107. The zero-order valence-corrected chi connectivity index (χ0v) is 14.3. The van der Waals surface area contributed by atoms with E-state index in [4.69, 9.17) is 14.2 Å². The summed E-state index contributed by atoms with van der Waals surface area (Å²) in [6.07, 6.45) is 6.88. The van der Waals surface area contributed by atoms with E-state index < -0.39 is 6.10 Å². The van der Waals surface area contributed by atoms with Gasteiger partial charge in [-0.15, -0.1) is 0 Å². The zero-order chi connectivity index (χ0) is 16.9. The molecule has 3 aliphatic rings.